The van der Waals surface area contributed by atoms with Gasteiger partial charge < -0.3 is 11.5 Å². The molecule has 0 atom stereocenters. The monoisotopic (exact) mass is 323 g/mol. The molecule has 0 heterocycles. The van der Waals surface area contributed by atoms with Gasteiger partial charge in [0.05, 0.1) is 5.75 Å². The van der Waals surface area contributed by atoms with E-state index in [0.717, 1.165) is 31.7 Å². The molecule has 0 rings (SSSR count). The van der Waals surface area contributed by atoms with E-state index in [0.29, 0.717) is 26.2 Å². The topological polar surface area (TPSA) is 89.4 Å². The number of rotatable bonds is 12. The van der Waals surface area contributed by atoms with E-state index in [2.05, 4.69) is 19.6 Å². The summed E-state index contributed by atoms with van der Waals surface area (Å²) in [4.78, 5) is 0. The molecule has 0 spiro atoms. The van der Waals surface area contributed by atoms with E-state index in [4.69, 9.17) is 11.5 Å². The third kappa shape index (κ3) is 9.87. The number of nitrogens with zero attached hydrogens (tertiary/aromatic N) is 1. The van der Waals surface area contributed by atoms with Gasteiger partial charge in [-0.25, -0.2) is 12.7 Å². The molecule has 20 heavy (non-hydrogen) atoms. The molecular weight excluding hydrogens is 290 g/mol. The molecule has 0 aliphatic heterocycles. The Morgan fingerprint density at radius 2 is 1.35 bits per heavy atom. The largest absolute Gasteiger partial charge is 0.330 e. The Kier molecular flexibility index (Phi) is 9.91. The highest BCUT2D eigenvalue weighted by Crippen LogP contribution is 2.14. The Morgan fingerprint density at radius 3 is 1.70 bits per heavy atom. The van der Waals surface area contributed by atoms with Crippen molar-refractivity contribution in [3.8, 4) is 0 Å². The number of sulfonamides is 1. The first kappa shape index (κ1) is 20.0. The van der Waals surface area contributed by atoms with Crippen molar-refractivity contribution in [1.82, 2.24) is 4.31 Å². The van der Waals surface area contributed by atoms with E-state index >= 15 is 0 Å². The van der Waals surface area contributed by atoms with Gasteiger partial charge in [-0.1, -0.05) is 19.6 Å². The summed E-state index contributed by atoms with van der Waals surface area (Å²) in [5.74, 6) is 0.286. The summed E-state index contributed by atoms with van der Waals surface area (Å²) in [6.45, 7) is 9.03. The van der Waals surface area contributed by atoms with Gasteiger partial charge in [-0.2, -0.15) is 0 Å². The molecule has 0 amide bonds. The van der Waals surface area contributed by atoms with Crippen molar-refractivity contribution < 1.29 is 8.42 Å². The van der Waals surface area contributed by atoms with Gasteiger partial charge in [0.25, 0.3) is 0 Å². The summed E-state index contributed by atoms with van der Waals surface area (Å²) in [5, 5.41) is 0. The molecule has 5 nitrogen and oxygen atoms in total. The van der Waals surface area contributed by atoms with Crippen molar-refractivity contribution in [2.45, 2.75) is 51.4 Å². The highest BCUT2D eigenvalue weighted by Gasteiger charge is 2.24. The van der Waals surface area contributed by atoms with Crippen LogP contribution in [0.1, 0.15) is 25.7 Å². The minimum Gasteiger partial charge on any atom is -0.330 e. The lowest BCUT2D eigenvalue weighted by Crippen LogP contribution is -2.37. The predicted molar refractivity (Wildman–Crippen MR) is 90.1 cm³/mol. The Bertz CT molecular complexity index is 332. The number of unbranched alkanes of at least 4 members (excludes halogenated alkanes) is 2. The van der Waals surface area contributed by atoms with Crippen LogP contribution in [-0.2, 0) is 10.0 Å². The maximum absolute atomic E-state index is 12.5. The third-order valence-corrected chi connectivity index (χ3v) is 7.21. The standard InChI is InChI=1S/C13H33N3O2SSi/c1-20(2,3)13-12-19(17,18)16(10-6-4-8-14)11-7-5-9-15/h4-15H2,1-3H3. The average molecular weight is 324 g/mol. The molecule has 0 aromatic heterocycles. The van der Waals surface area contributed by atoms with E-state index < -0.39 is 18.1 Å². The van der Waals surface area contributed by atoms with E-state index in [9.17, 15) is 8.42 Å². The molecule has 0 aromatic rings. The van der Waals surface area contributed by atoms with Crippen LogP contribution < -0.4 is 11.5 Å². The predicted octanol–water partition coefficient (Wildman–Crippen LogP) is 1.43. The van der Waals surface area contributed by atoms with Gasteiger partial charge in [0.15, 0.2) is 0 Å². The van der Waals surface area contributed by atoms with Gasteiger partial charge >= 0.3 is 0 Å². The molecular formula is C13H33N3O2SSi. The maximum Gasteiger partial charge on any atom is 0.213 e. The Balaban J connectivity index is 4.53. The number of nitrogens with two attached hydrogens (primary N) is 2. The second-order valence-electron chi connectivity index (χ2n) is 6.52. The highest BCUT2D eigenvalue weighted by molar-refractivity contribution is 7.89. The van der Waals surface area contributed by atoms with Crippen LogP contribution in [0.25, 0.3) is 0 Å². The first-order valence-corrected chi connectivity index (χ1v) is 12.9. The van der Waals surface area contributed by atoms with Gasteiger partial charge in [0, 0.05) is 21.2 Å². The van der Waals surface area contributed by atoms with Crippen molar-refractivity contribution in [3.63, 3.8) is 0 Å². The minimum absolute atomic E-state index is 0.286. The summed E-state index contributed by atoms with van der Waals surface area (Å²) >= 11 is 0. The molecule has 4 N–H and O–H groups in total. The van der Waals surface area contributed by atoms with Crippen LogP contribution in [0, 0.1) is 0 Å². The normalized spacial score (nSPS) is 13.1. The lowest BCUT2D eigenvalue weighted by atomic mass is 10.3. The Labute approximate surface area is 126 Å². The minimum atomic E-state index is -3.13. The molecule has 0 aliphatic carbocycles. The fourth-order valence-electron chi connectivity index (χ4n) is 1.82. The molecule has 122 valence electrons. The molecule has 0 saturated heterocycles. The molecule has 0 radical (unpaired) electrons. The lowest BCUT2D eigenvalue weighted by Gasteiger charge is -2.24. The van der Waals surface area contributed by atoms with Crippen LogP contribution in [0.3, 0.4) is 0 Å². The zero-order valence-electron chi connectivity index (χ0n) is 13.4. The average Bonchev–Trinajstić information content (AvgIpc) is 2.34. The summed E-state index contributed by atoms with van der Waals surface area (Å²) in [6.07, 6.45) is 3.42. The fraction of sp³-hybridized carbons (Fsp3) is 1.00. The summed E-state index contributed by atoms with van der Waals surface area (Å²) in [7, 11) is -4.47. The zero-order chi connectivity index (χ0) is 15.6. The zero-order valence-corrected chi connectivity index (χ0v) is 15.2. The van der Waals surface area contributed by atoms with Crippen molar-refractivity contribution in [1.29, 1.82) is 0 Å². The first-order chi connectivity index (χ1) is 9.23. The van der Waals surface area contributed by atoms with Crippen LogP contribution in [0.15, 0.2) is 0 Å². The van der Waals surface area contributed by atoms with Gasteiger partial charge in [-0.3, -0.25) is 0 Å². The smallest absolute Gasteiger partial charge is 0.213 e. The maximum atomic E-state index is 12.5. The summed E-state index contributed by atoms with van der Waals surface area (Å²) in [5.41, 5.74) is 11.0. The van der Waals surface area contributed by atoms with E-state index in [-0.39, 0.29) is 5.75 Å². The van der Waals surface area contributed by atoms with E-state index in [1.165, 1.54) is 0 Å². The van der Waals surface area contributed by atoms with Crippen molar-refractivity contribution >= 4 is 18.1 Å². The molecule has 0 aromatic carbocycles. The van der Waals surface area contributed by atoms with Crippen LogP contribution in [-0.4, -0.2) is 52.7 Å². The van der Waals surface area contributed by atoms with Crippen LogP contribution >= 0.6 is 0 Å². The Hall–Kier alpha value is 0.0469. The molecule has 7 heteroatoms. The van der Waals surface area contributed by atoms with Gasteiger partial charge in [-0.15, -0.1) is 0 Å². The fourth-order valence-corrected chi connectivity index (χ4v) is 6.37. The van der Waals surface area contributed by atoms with Crippen LogP contribution in [0.5, 0.6) is 0 Å². The van der Waals surface area contributed by atoms with Crippen LogP contribution in [0.2, 0.25) is 25.7 Å². The highest BCUT2D eigenvalue weighted by atomic mass is 32.2. The third-order valence-electron chi connectivity index (χ3n) is 3.23. The van der Waals surface area contributed by atoms with Crippen molar-refractivity contribution in [2.24, 2.45) is 11.5 Å². The SMILES string of the molecule is C[Si](C)(C)CCS(=O)(=O)N(CCCCN)CCCCN. The summed E-state index contributed by atoms with van der Waals surface area (Å²) in [6, 6.07) is 0.819. The molecule has 0 aliphatic rings. The number of hydrogen-bond acceptors (Lipinski definition) is 4. The second-order valence-corrected chi connectivity index (χ2v) is 14.2. The number of hydrogen-bond donors (Lipinski definition) is 2. The van der Waals surface area contributed by atoms with Crippen molar-refractivity contribution in [3.05, 3.63) is 0 Å². The van der Waals surface area contributed by atoms with Crippen molar-refractivity contribution in [2.75, 3.05) is 31.9 Å². The van der Waals surface area contributed by atoms with E-state index in [1.807, 2.05) is 0 Å². The second kappa shape index (κ2) is 9.89. The molecule has 0 fully saturated rings. The quantitative estimate of drug-likeness (QED) is 0.420. The van der Waals surface area contributed by atoms with Gasteiger partial charge in [-0.05, 0) is 44.8 Å². The Morgan fingerprint density at radius 1 is 0.900 bits per heavy atom. The van der Waals surface area contributed by atoms with E-state index in [1.54, 1.807) is 4.31 Å². The molecule has 0 unspecified atom stereocenters. The van der Waals surface area contributed by atoms with Gasteiger partial charge in [0.2, 0.25) is 10.0 Å². The lowest BCUT2D eigenvalue weighted by molar-refractivity contribution is 0.392. The summed E-state index contributed by atoms with van der Waals surface area (Å²) < 4.78 is 26.6. The van der Waals surface area contributed by atoms with Gasteiger partial charge in [0.1, 0.15) is 0 Å². The molecule has 0 bridgehead atoms. The first-order valence-electron chi connectivity index (χ1n) is 7.61. The molecule has 0 saturated carbocycles. The van der Waals surface area contributed by atoms with Crippen LogP contribution in [0.4, 0.5) is 0 Å².